The predicted molar refractivity (Wildman–Crippen MR) is 73.1 cm³/mol. The normalized spacial score (nSPS) is 10.3. The van der Waals surface area contributed by atoms with E-state index in [1.165, 1.54) is 4.90 Å². The third kappa shape index (κ3) is 4.84. The van der Waals surface area contributed by atoms with Crippen molar-refractivity contribution in [1.82, 2.24) is 9.88 Å². The van der Waals surface area contributed by atoms with E-state index >= 15 is 0 Å². The summed E-state index contributed by atoms with van der Waals surface area (Å²) in [4.78, 5) is 17.5. The van der Waals surface area contributed by atoms with E-state index in [0.29, 0.717) is 5.69 Å². The Morgan fingerprint density at radius 1 is 1.32 bits per heavy atom. The average Bonchev–Trinajstić information content (AvgIpc) is 2.44. The van der Waals surface area contributed by atoms with Crippen LogP contribution in [0.5, 0.6) is 0 Å². The van der Waals surface area contributed by atoms with E-state index < -0.39 is 0 Å². The van der Waals surface area contributed by atoms with Crippen molar-refractivity contribution in [1.29, 1.82) is 0 Å². The molecule has 0 fully saturated rings. The molecule has 0 saturated carbocycles. The number of nitrogens with zero attached hydrogens (tertiary/aromatic N) is 2. The largest absolute Gasteiger partial charge is 0.395 e. The second kappa shape index (κ2) is 8.44. The molecule has 6 heteroatoms. The van der Waals surface area contributed by atoms with Crippen molar-refractivity contribution < 1.29 is 15.0 Å². The van der Waals surface area contributed by atoms with Crippen LogP contribution in [-0.2, 0) is 0 Å². The Bertz CT molecular complexity index is 375. The van der Waals surface area contributed by atoms with Crippen LogP contribution in [0, 0.1) is 0 Å². The third-order valence-corrected chi connectivity index (χ3v) is 2.59. The lowest BCUT2D eigenvalue weighted by molar-refractivity contribution is 0.0679. The number of nitrogens with one attached hydrogen (secondary N) is 1. The Morgan fingerprint density at radius 2 is 2.00 bits per heavy atom. The van der Waals surface area contributed by atoms with Crippen LogP contribution in [0.2, 0.25) is 0 Å². The first kappa shape index (κ1) is 15.4. The maximum Gasteiger partial charge on any atom is 0.272 e. The van der Waals surface area contributed by atoms with Gasteiger partial charge < -0.3 is 20.4 Å². The van der Waals surface area contributed by atoms with Crippen LogP contribution in [0.1, 0.15) is 23.8 Å². The number of aliphatic hydroxyl groups excluding tert-OH is 2. The summed E-state index contributed by atoms with van der Waals surface area (Å²) in [6.07, 6.45) is 2.63. The summed E-state index contributed by atoms with van der Waals surface area (Å²) in [5.74, 6) is -0.287. The first-order valence-electron chi connectivity index (χ1n) is 6.43. The van der Waals surface area contributed by atoms with Crippen LogP contribution in [-0.4, -0.2) is 58.9 Å². The standard InChI is InChI=1S/C13H21N3O3/c1-2-5-14-11-3-4-12(15-10-11)13(19)16(6-8-17)7-9-18/h3-4,10,14,17-18H,2,5-9H2,1H3. The minimum atomic E-state index is -0.287. The molecule has 0 unspecified atom stereocenters. The molecular weight excluding hydrogens is 246 g/mol. The van der Waals surface area contributed by atoms with Gasteiger partial charge in [-0.25, -0.2) is 4.98 Å². The topological polar surface area (TPSA) is 85.7 Å². The van der Waals surface area contributed by atoms with E-state index in [1.54, 1.807) is 18.3 Å². The van der Waals surface area contributed by atoms with Crippen molar-refractivity contribution in [2.24, 2.45) is 0 Å². The van der Waals surface area contributed by atoms with Gasteiger partial charge in [0.2, 0.25) is 0 Å². The van der Waals surface area contributed by atoms with Crippen molar-refractivity contribution in [3.8, 4) is 0 Å². The number of carbonyl (C=O) groups excluding carboxylic acids is 1. The summed E-state index contributed by atoms with van der Waals surface area (Å²) < 4.78 is 0. The Hall–Kier alpha value is -1.66. The molecule has 3 N–H and O–H groups in total. The number of rotatable bonds is 8. The fraction of sp³-hybridized carbons (Fsp3) is 0.538. The summed E-state index contributed by atoms with van der Waals surface area (Å²) in [6.45, 7) is 3.04. The zero-order valence-corrected chi connectivity index (χ0v) is 11.2. The van der Waals surface area contributed by atoms with E-state index in [-0.39, 0.29) is 32.2 Å². The highest BCUT2D eigenvalue weighted by molar-refractivity contribution is 5.92. The molecule has 0 aromatic carbocycles. The van der Waals surface area contributed by atoms with Crippen LogP contribution in [0.3, 0.4) is 0 Å². The highest BCUT2D eigenvalue weighted by Crippen LogP contribution is 2.08. The first-order valence-corrected chi connectivity index (χ1v) is 6.43. The van der Waals surface area contributed by atoms with E-state index in [2.05, 4.69) is 17.2 Å². The summed E-state index contributed by atoms with van der Waals surface area (Å²) in [5.41, 5.74) is 1.18. The third-order valence-electron chi connectivity index (χ3n) is 2.59. The second-order valence-electron chi connectivity index (χ2n) is 4.10. The lowest BCUT2D eigenvalue weighted by Crippen LogP contribution is -2.36. The number of pyridine rings is 1. The predicted octanol–water partition coefficient (Wildman–Crippen LogP) is 0.330. The molecule has 0 aliphatic rings. The van der Waals surface area contributed by atoms with Crippen LogP contribution in [0.15, 0.2) is 18.3 Å². The molecule has 6 nitrogen and oxygen atoms in total. The average molecular weight is 267 g/mol. The van der Waals surface area contributed by atoms with Gasteiger partial charge >= 0.3 is 0 Å². The number of aromatic nitrogens is 1. The molecule has 0 spiro atoms. The summed E-state index contributed by atoms with van der Waals surface area (Å²) in [7, 11) is 0. The molecular formula is C13H21N3O3. The molecule has 0 aliphatic carbocycles. The molecule has 1 aromatic heterocycles. The van der Waals surface area contributed by atoms with Crippen molar-refractivity contribution in [3.63, 3.8) is 0 Å². The molecule has 0 radical (unpaired) electrons. The zero-order chi connectivity index (χ0) is 14.1. The van der Waals surface area contributed by atoms with Gasteiger partial charge in [0.25, 0.3) is 5.91 Å². The van der Waals surface area contributed by atoms with Crippen LogP contribution < -0.4 is 5.32 Å². The van der Waals surface area contributed by atoms with Gasteiger partial charge in [0.05, 0.1) is 25.1 Å². The Balaban J connectivity index is 2.69. The van der Waals surface area contributed by atoms with Crippen LogP contribution in [0.4, 0.5) is 5.69 Å². The Morgan fingerprint density at radius 3 is 2.47 bits per heavy atom. The van der Waals surface area contributed by atoms with E-state index in [0.717, 1.165) is 18.7 Å². The minimum Gasteiger partial charge on any atom is -0.395 e. The van der Waals surface area contributed by atoms with Gasteiger partial charge in [-0.1, -0.05) is 6.92 Å². The van der Waals surface area contributed by atoms with Gasteiger partial charge in [0.15, 0.2) is 0 Å². The van der Waals surface area contributed by atoms with Crippen LogP contribution >= 0.6 is 0 Å². The van der Waals surface area contributed by atoms with E-state index in [9.17, 15) is 4.79 Å². The van der Waals surface area contributed by atoms with Crippen molar-refractivity contribution >= 4 is 11.6 Å². The minimum absolute atomic E-state index is 0.137. The van der Waals surface area contributed by atoms with Crippen molar-refractivity contribution in [2.75, 3.05) is 38.2 Å². The van der Waals surface area contributed by atoms with Gasteiger partial charge in [-0.05, 0) is 18.6 Å². The summed E-state index contributed by atoms with van der Waals surface area (Å²) in [5, 5.41) is 21.0. The molecule has 0 bridgehead atoms. The molecule has 0 aliphatic heterocycles. The number of amides is 1. The lowest BCUT2D eigenvalue weighted by Gasteiger charge is -2.20. The molecule has 1 amide bonds. The molecule has 1 heterocycles. The number of hydrogen-bond donors (Lipinski definition) is 3. The maximum absolute atomic E-state index is 12.1. The molecule has 106 valence electrons. The zero-order valence-electron chi connectivity index (χ0n) is 11.2. The smallest absolute Gasteiger partial charge is 0.272 e. The van der Waals surface area contributed by atoms with Gasteiger partial charge in [-0.15, -0.1) is 0 Å². The SMILES string of the molecule is CCCNc1ccc(C(=O)N(CCO)CCO)nc1. The molecule has 1 aromatic rings. The van der Waals surface area contributed by atoms with Crippen LogP contribution in [0.25, 0.3) is 0 Å². The first-order chi connectivity index (χ1) is 9.22. The van der Waals surface area contributed by atoms with Gasteiger partial charge in [-0.3, -0.25) is 4.79 Å². The highest BCUT2D eigenvalue weighted by atomic mass is 16.3. The molecule has 0 saturated heterocycles. The Kier molecular flexibility index (Phi) is 6.84. The van der Waals surface area contributed by atoms with Gasteiger partial charge in [0.1, 0.15) is 5.69 Å². The molecule has 0 atom stereocenters. The maximum atomic E-state index is 12.1. The molecule has 1 rings (SSSR count). The highest BCUT2D eigenvalue weighted by Gasteiger charge is 2.15. The van der Waals surface area contributed by atoms with Crippen molar-refractivity contribution in [2.45, 2.75) is 13.3 Å². The molecule has 19 heavy (non-hydrogen) atoms. The summed E-state index contributed by atoms with van der Waals surface area (Å²) >= 11 is 0. The Labute approximate surface area is 113 Å². The summed E-state index contributed by atoms with van der Waals surface area (Å²) in [6, 6.07) is 3.44. The van der Waals surface area contributed by atoms with Gasteiger partial charge in [-0.2, -0.15) is 0 Å². The quantitative estimate of drug-likeness (QED) is 0.632. The van der Waals surface area contributed by atoms with E-state index in [4.69, 9.17) is 10.2 Å². The second-order valence-corrected chi connectivity index (χ2v) is 4.10. The fourth-order valence-electron chi connectivity index (χ4n) is 1.61. The van der Waals surface area contributed by atoms with Gasteiger partial charge in [0, 0.05) is 19.6 Å². The number of carbonyl (C=O) groups is 1. The number of aliphatic hydroxyl groups is 2. The lowest BCUT2D eigenvalue weighted by atomic mass is 10.3. The fourth-order valence-corrected chi connectivity index (χ4v) is 1.61. The van der Waals surface area contributed by atoms with E-state index in [1.807, 2.05) is 0 Å². The monoisotopic (exact) mass is 267 g/mol. The van der Waals surface area contributed by atoms with Crippen molar-refractivity contribution in [3.05, 3.63) is 24.0 Å². The number of hydrogen-bond acceptors (Lipinski definition) is 5. The number of anilines is 1.